The van der Waals surface area contributed by atoms with Gasteiger partial charge in [-0.3, -0.25) is 4.57 Å². The van der Waals surface area contributed by atoms with Gasteiger partial charge in [0.15, 0.2) is 0 Å². The van der Waals surface area contributed by atoms with E-state index in [4.69, 9.17) is 16.3 Å². The molecule has 0 amide bonds. The Balaban J connectivity index is 3.11. The zero-order valence-electron chi connectivity index (χ0n) is 10.6. The summed E-state index contributed by atoms with van der Waals surface area (Å²) in [6, 6.07) is 0.185. The predicted octanol–water partition coefficient (Wildman–Crippen LogP) is 2.90. The Labute approximate surface area is 102 Å². The Bertz CT molecular complexity index is 336. The van der Waals surface area contributed by atoms with Crippen LogP contribution in [0.5, 0.6) is 0 Å². The molecule has 1 atom stereocenters. The molecule has 0 aliphatic carbocycles. The molecule has 5 heteroatoms. The van der Waals surface area contributed by atoms with Crippen LogP contribution in [0.15, 0.2) is 0 Å². The third kappa shape index (κ3) is 2.74. The molecule has 0 fully saturated rings. The van der Waals surface area contributed by atoms with E-state index in [0.717, 1.165) is 5.82 Å². The summed E-state index contributed by atoms with van der Waals surface area (Å²) >= 11 is 6.10. The monoisotopic (exact) mass is 245 g/mol. The van der Waals surface area contributed by atoms with Gasteiger partial charge in [0.1, 0.15) is 5.82 Å². The molecule has 4 nitrogen and oxygen atoms in total. The molecule has 0 aromatic carbocycles. The smallest absolute Gasteiger partial charge is 0.225 e. The summed E-state index contributed by atoms with van der Waals surface area (Å²) < 4.78 is 7.23. The van der Waals surface area contributed by atoms with Crippen molar-refractivity contribution >= 4 is 11.6 Å². The zero-order chi connectivity index (χ0) is 12.3. The van der Waals surface area contributed by atoms with Gasteiger partial charge in [0, 0.05) is 13.0 Å². The molecule has 16 heavy (non-hydrogen) atoms. The lowest BCUT2D eigenvalue weighted by atomic mass is 10.0. The van der Waals surface area contributed by atoms with Crippen LogP contribution in [-0.4, -0.2) is 28.5 Å². The first-order valence-electron chi connectivity index (χ1n) is 5.58. The quantitative estimate of drug-likeness (QED) is 0.801. The van der Waals surface area contributed by atoms with Crippen molar-refractivity contribution in [2.24, 2.45) is 5.92 Å². The normalized spacial score (nSPS) is 13.8. The highest BCUT2D eigenvalue weighted by molar-refractivity contribution is 6.28. The molecule has 1 aromatic heterocycles. The first-order chi connectivity index (χ1) is 7.49. The Morgan fingerprint density at radius 3 is 2.31 bits per heavy atom. The van der Waals surface area contributed by atoms with Crippen LogP contribution < -0.4 is 0 Å². The van der Waals surface area contributed by atoms with E-state index in [1.165, 1.54) is 0 Å². The largest absolute Gasteiger partial charge is 0.383 e. The fourth-order valence-corrected chi connectivity index (χ4v) is 1.97. The highest BCUT2D eigenvalue weighted by Gasteiger charge is 2.23. The number of hydrogen-bond acceptors (Lipinski definition) is 3. The Hall–Kier alpha value is -0.610. The van der Waals surface area contributed by atoms with Gasteiger partial charge < -0.3 is 4.74 Å². The van der Waals surface area contributed by atoms with E-state index >= 15 is 0 Å². The lowest BCUT2D eigenvalue weighted by molar-refractivity contribution is 0.131. The lowest BCUT2D eigenvalue weighted by Gasteiger charge is -2.24. The topological polar surface area (TPSA) is 39.9 Å². The molecule has 1 heterocycles. The molecule has 1 aromatic rings. The minimum atomic E-state index is 0.185. The van der Waals surface area contributed by atoms with Gasteiger partial charge in [-0.1, -0.05) is 27.7 Å². The molecule has 0 saturated heterocycles. The Morgan fingerprint density at radius 2 is 1.88 bits per heavy atom. The average molecular weight is 246 g/mol. The van der Waals surface area contributed by atoms with Gasteiger partial charge in [0.05, 0.1) is 12.6 Å². The zero-order valence-corrected chi connectivity index (χ0v) is 11.3. The van der Waals surface area contributed by atoms with Gasteiger partial charge >= 0.3 is 0 Å². The molecule has 0 saturated carbocycles. The molecule has 0 aliphatic rings. The number of methoxy groups -OCH3 is 1. The van der Waals surface area contributed by atoms with Gasteiger partial charge in [-0.15, -0.1) is 10.2 Å². The molecule has 0 spiro atoms. The van der Waals surface area contributed by atoms with Crippen LogP contribution in [0.2, 0.25) is 5.28 Å². The fraction of sp³-hybridized carbons (Fsp3) is 0.818. The fourth-order valence-electron chi connectivity index (χ4n) is 1.72. The van der Waals surface area contributed by atoms with Gasteiger partial charge in [-0.2, -0.15) is 0 Å². The average Bonchev–Trinajstić information content (AvgIpc) is 2.56. The number of rotatable bonds is 5. The van der Waals surface area contributed by atoms with Crippen molar-refractivity contribution in [3.05, 3.63) is 11.1 Å². The van der Waals surface area contributed by atoms with E-state index in [0.29, 0.717) is 23.7 Å². The van der Waals surface area contributed by atoms with Crippen LogP contribution in [-0.2, 0) is 4.74 Å². The molecule has 0 aliphatic heterocycles. The maximum absolute atomic E-state index is 6.10. The van der Waals surface area contributed by atoms with E-state index in [1.807, 2.05) is 4.57 Å². The van der Waals surface area contributed by atoms with Gasteiger partial charge in [-0.25, -0.2) is 0 Å². The molecular formula is C11H20ClN3O. The van der Waals surface area contributed by atoms with Crippen LogP contribution in [0, 0.1) is 5.92 Å². The van der Waals surface area contributed by atoms with Crippen molar-refractivity contribution in [2.45, 2.75) is 39.7 Å². The van der Waals surface area contributed by atoms with E-state index in [2.05, 4.69) is 37.9 Å². The van der Waals surface area contributed by atoms with Crippen LogP contribution in [0.1, 0.15) is 45.5 Å². The van der Waals surface area contributed by atoms with Gasteiger partial charge in [0.2, 0.25) is 5.28 Å². The first-order valence-corrected chi connectivity index (χ1v) is 5.96. The Morgan fingerprint density at radius 1 is 1.25 bits per heavy atom. The minimum absolute atomic E-state index is 0.185. The van der Waals surface area contributed by atoms with Crippen LogP contribution >= 0.6 is 11.6 Å². The van der Waals surface area contributed by atoms with Crippen molar-refractivity contribution in [3.63, 3.8) is 0 Å². The second-order valence-corrected chi connectivity index (χ2v) is 4.96. The molecule has 1 rings (SSSR count). The first kappa shape index (κ1) is 13.5. The summed E-state index contributed by atoms with van der Waals surface area (Å²) in [5.41, 5.74) is 0. The number of ether oxygens (including phenoxy) is 1. The summed E-state index contributed by atoms with van der Waals surface area (Å²) in [4.78, 5) is 0. The highest BCUT2D eigenvalue weighted by atomic mass is 35.5. The van der Waals surface area contributed by atoms with E-state index in [-0.39, 0.29) is 6.04 Å². The van der Waals surface area contributed by atoms with E-state index in [1.54, 1.807) is 7.11 Å². The number of aromatic nitrogens is 3. The third-order valence-corrected chi connectivity index (χ3v) is 2.89. The molecule has 0 bridgehead atoms. The summed E-state index contributed by atoms with van der Waals surface area (Å²) in [5, 5.41) is 8.52. The molecular weight excluding hydrogens is 226 g/mol. The predicted molar refractivity (Wildman–Crippen MR) is 64.9 cm³/mol. The van der Waals surface area contributed by atoms with Crippen molar-refractivity contribution in [3.8, 4) is 0 Å². The summed E-state index contributed by atoms with van der Waals surface area (Å²) in [6.07, 6.45) is 0. The molecule has 0 N–H and O–H groups in total. The minimum Gasteiger partial charge on any atom is -0.383 e. The van der Waals surface area contributed by atoms with Crippen LogP contribution in [0.3, 0.4) is 0 Å². The SMILES string of the molecule is COCC(C(C)C)n1c(Cl)nnc1C(C)C. The molecule has 1 unspecified atom stereocenters. The summed E-state index contributed by atoms with van der Waals surface area (Å²) in [6.45, 7) is 9.07. The summed E-state index contributed by atoms with van der Waals surface area (Å²) in [7, 11) is 1.70. The van der Waals surface area contributed by atoms with Crippen molar-refractivity contribution in [2.75, 3.05) is 13.7 Å². The maximum Gasteiger partial charge on any atom is 0.225 e. The standard InChI is InChI=1S/C11H20ClN3O/c1-7(2)9(6-16-5)15-10(8(3)4)13-14-11(15)12/h7-9H,6H2,1-5H3. The molecule has 0 radical (unpaired) electrons. The number of halogens is 1. The maximum atomic E-state index is 6.10. The van der Waals surface area contributed by atoms with E-state index < -0.39 is 0 Å². The Kier molecular flexibility index (Phi) is 4.74. The highest BCUT2D eigenvalue weighted by Crippen LogP contribution is 2.27. The van der Waals surface area contributed by atoms with E-state index in [9.17, 15) is 0 Å². The summed E-state index contributed by atoms with van der Waals surface area (Å²) in [5.74, 6) is 1.64. The second kappa shape index (κ2) is 5.64. The van der Waals surface area contributed by atoms with Crippen LogP contribution in [0.25, 0.3) is 0 Å². The number of hydrogen-bond donors (Lipinski definition) is 0. The molecule has 92 valence electrons. The second-order valence-electron chi connectivity index (χ2n) is 4.62. The van der Waals surface area contributed by atoms with Crippen molar-refractivity contribution in [1.82, 2.24) is 14.8 Å². The van der Waals surface area contributed by atoms with Gasteiger partial charge in [-0.05, 0) is 17.5 Å². The third-order valence-electron chi connectivity index (χ3n) is 2.64. The van der Waals surface area contributed by atoms with Gasteiger partial charge in [0.25, 0.3) is 0 Å². The van der Waals surface area contributed by atoms with Crippen molar-refractivity contribution < 1.29 is 4.74 Å². The number of nitrogens with zero attached hydrogens (tertiary/aromatic N) is 3. The van der Waals surface area contributed by atoms with Crippen molar-refractivity contribution in [1.29, 1.82) is 0 Å². The van der Waals surface area contributed by atoms with Crippen LogP contribution in [0.4, 0.5) is 0 Å². The lowest BCUT2D eigenvalue weighted by Crippen LogP contribution is -2.23.